The van der Waals surface area contributed by atoms with Gasteiger partial charge in [-0.1, -0.05) is 24.0 Å². The predicted octanol–water partition coefficient (Wildman–Crippen LogP) is 3.78. The van der Waals surface area contributed by atoms with Crippen molar-refractivity contribution < 1.29 is 34.2 Å². The maximum Gasteiger partial charge on any atom is 0.374 e. The van der Waals surface area contributed by atoms with Gasteiger partial charge in [-0.15, -0.1) is 0 Å². The van der Waals surface area contributed by atoms with Gasteiger partial charge >= 0.3 is 11.9 Å². The third kappa shape index (κ3) is 8.22. The van der Waals surface area contributed by atoms with Gasteiger partial charge in [-0.2, -0.15) is 4.89 Å². The van der Waals surface area contributed by atoms with Crippen molar-refractivity contribution in [1.29, 1.82) is 0 Å². The molecule has 0 fully saturated rings. The summed E-state index contributed by atoms with van der Waals surface area (Å²) in [5.74, 6) is 3.51. The van der Waals surface area contributed by atoms with Crippen molar-refractivity contribution in [3.63, 3.8) is 0 Å². The second-order valence-electron chi connectivity index (χ2n) is 7.85. The van der Waals surface area contributed by atoms with Gasteiger partial charge in [0.25, 0.3) is 0 Å². The molecule has 0 aliphatic rings. The molecule has 0 saturated carbocycles. The Morgan fingerprint density at radius 3 is 1.78 bits per heavy atom. The lowest BCUT2D eigenvalue weighted by atomic mass is 10.1. The van der Waals surface area contributed by atoms with Gasteiger partial charge in [0, 0.05) is 0 Å². The first kappa shape index (κ1) is 22.6. The van der Waals surface area contributed by atoms with Crippen LogP contribution in [0.4, 0.5) is 0 Å². The van der Waals surface area contributed by atoms with E-state index in [0.717, 1.165) is 0 Å². The molecule has 7 heteroatoms. The number of hydrogen-bond acceptors (Lipinski definition) is 6. The number of benzene rings is 1. The molecule has 0 aromatic heterocycles. The topological polar surface area (TPSA) is 91.3 Å². The van der Waals surface area contributed by atoms with Crippen molar-refractivity contribution in [2.75, 3.05) is 0 Å². The minimum absolute atomic E-state index is 0.115. The minimum Gasteiger partial charge on any atom is -0.478 e. The van der Waals surface area contributed by atoms with Crippen LogP contribution in [0.25, 0.3) is 0 Å². The molecule has 0 heterocycles. The summed E-state index contributed by atoms with van der Waals surface area (Å²) in [6.07, 6.45) is 0. The normalized spacial score (nSPS) is 12.1. The molecule has 27 heavy (non-hydrogen) atoms. The molecule has 0 atom stereocenters. The van der Waals surface area contributed by atoms with Gasteiger partial charge in [-0.05, 0) is 60.6 Å². The van der Waals surface area contributed by atoms with E-state index < -0.39 is 28.7 Å². The maximum absolute atomic E-state index is 12.1. The van der Waals surface area contributed by atoms with Gasteiger partial charge in [-0.3, -0.25) is 4.89 Å². The summed E-state index contributed by atoms with van der Waals surface area (Å²) in [5.41, 5.74) is -2.86. The second-order valence-corrected chi connectivity index (χ2v) is 7.85. The lowest BCUT2D eigenvalue weighted by Gasteiger charge is -2.25. The zero-order chi connectivity index (χ0) is 20.9. The van der Waals surface area contributed by atoms with Crippen LogP contribution in [0.1, 0.15) is 69.2 Å². The molecule has 0 radical (unpaired) electrons. The van der Waals surface area contributed by atoms with Crippen LogP contribution in [0.2, 0.25) is 0 Å². The Kier molecular flexibility index (Phi) is 7.15. The number of hydrogen-bond donors (Lipinski definition) is 1. The molecule has 0 spiro atoms. The number of carbonyl (C=O) groups excluding carboxylic acids is 1. The zero-order valence-corrected chi connectivity index (χ0v) is 16.7. The number of aromatic carboxylic acids is 1. The van der Waals surface area contributed by atoms with Gasteiger partial charge in [0.05, 0.1) is 16.7 Å². The predicted molar refractivity (Wildman–Crippen MR) is 97.8 cm³/mol. The van der Waals surface area contributed by atoms with Crippen LogP contribution in [0.3, 0.4) is 0 Å². The van der Waals surface area contributed by atoms with E-state index in [9.17, 15) is 9.59 Å². The summed E-state index contributed by atoms with van der Waals surface area (Å²) < 4.78 is 0. The molecule has 0 amide bonds. The van der Waals surface area contributed by atoms with Gasteiger partial charge in [0.15, 0.2) is 11.2 Å². The average molecular weight is 378 g/mol. The minimum atomic E-state index is -1.24. The molecule has 0 aliphatic heterocycles. The highest BCUT2D eigenvalue weighted by Crippen LogP contribution is 2.18. The first-order valence-electron chi connectivity index (χ1n) is 8.36. The summed E-state index contributed by atoms with van der Waals surface area (Å²) in [6.45, 7) is 12.2. The third-order valence-corrected chi connectivity index (χ3v) is 2.87. The summed E-state index contributed by atoms with van der Waals surface area (Å²) in [5, 5.41) is 9.13. The fourth-order valence-electron chi connectivity index (χ4n) is 1.61. The lowest BCUT2D eigenvalue weighted by Crippen LogP contribution is -2.31. The molecular weight excluding hydrogens is 352 g/mol. The van der Waals surface area contributed by atoms with E-state index in [0.29, 0.717) is 0 Å². The molecule has 1 N–H and O–H groups in total. The van der Waals surface area contributed by atoms with Crippen molar-refractivity contribution in [3.05, 3.63) is 35.4 Å². The molecule has 0 aliphatic carbocycles. The highest BCUT2D eigenvalue weighted by atomic mass is 17.2. The molecule has 0 unspecified atom stereocenters. The molecule has 148 valence electrons. The second kappa shape index (κ2) is 8.53. The van der Waals surface area contributed by atoms with Crippen LogP contribution >= 0.6 is 0 Å². The summed E-state index contributed by atoms with van der Waals surface area (Å²) in [6, 6.07) is 5.69. The quantitative estimate of drug-likeness (QED) is 0.457. The summed E-state index contributed by atoms with van der Waals surface area (Å²) >= 11 is 0. The molecule has 1 aromatic rings. The average Bonchev–Trinajstić information content (AvgIpc) is 2.56. The van der Waals surface area contributed by atoms with E-state index in [1.807, 2.05) is 20.8 Å². The Labute approximate surface area is 159 Å². The largest absolute Gasteiger partial charge is 0.478 e. The first-order chi connectivity index (χ1) is 12.2. The standard InChI is InChI=1S/C20H26O7/c1-18(2,3)25-27-20(6,7)13-12-19(4,5)26-24-17(23)15-11-9-8-10-14(15)16(21)22/h8-11H,1-7H3,(H,21,22). The monoisotopic (exact) mass is 378 g/mol. The van der Waals surface area contributed by atoms with E-state index in [1.165, 1.54) is 24.3 Å². The SMILES string of the molecule is CC(C)(C)OOC(C)(C)C#CC(C)(C)OOC(=O)c1ccccc1C(=O)O. The molecular formula is C20H26O7. The highest BCUT2D eigenvalue weighted by molar-refractivity contribution is 6.02. The Hall–Kier alpha value is -2.40. The van der Waals surface area contributed by atoms with E-state index in [2.05, 4.69) is 11.8 Å². The number of carboxylic acid groups (broad SMARTS) is 1. The van der Waals surface area contributed by atoms with Crippen LogP contribution in [0.15, 0.2) is 24.3 Å². The number of carbonyl (C=O) groups is 2. The molecule has 1 aromatic carbocycles. The van der Waals surface area contributed by atoms with Crippen LogP contribution in [-0.2, 0) is 19.6 Å². The number of rotatable bonds is 6. The van der Waals surface area contributed by atoms with Gasteiger partial charge in [-0.25, -0.2) is 19.4 Å². The van der Waals surface area contributed by atoms with E-state index in [4.69, 9.17) is 24.7 Å². The Morgan fingerprint density at radius 2 is 1.30 bits per heavy atom. The Balaban J connectivity index is 2.77. The van der Waals surface area contributed by atoms with Crippen molar-refractivity contribution in [1.82, 2.24) is 0 Å². The van der Waals surface area contributed by atoms with Gasteiger partial charge in [0.1, 0.15) is 0 Å². The van der Waals surface area contributed by atoms with Crippen LogP contribution < -0.4 is 0 Å². The summed E-state index contributed by atoms with van der Waals surface area (Å²) in [4.78, 5) is 43.8. The molecule has 0 bridgehead atoms. The van der Waals surface area contributed by atoms with E-state index in [-0.39, 0.29) is 11.1 Å². The fourth-order valence-corrected chi connectivity index (χ4v) is 1.61. The molecule has 0 saturated heterocycles. The lowest BCUT2D eigenvalue weighted by molar-refractivity contribution is -0.384. The first-order valence-corrected chi connectivity index (χ1v) is 8.36. The van der Waals surface area contributed by atoms with Crippen LogP contribution in [-0.4, -0.2) is 33.8 Å². The van der Waals surface area contributed by atoms with Gasteiger partial charge < -0.3 is 5.11 Å². The Morgan fingerprint density at radius 1 is 0.815 bits per heavy atom. The van der Waals surface area contributed by atoms with Crippen molar-refractivity contribution in [3.8, 4) is 11.8 Å². The smallest absolute Gasteiger partial charge is 0.374 e. The van der Waals surface area contributed by atoms with Gasteiger partial charge in [0.2, 0.25) is 0 Å². The zero-order valence-electron chi connectivity index (χ0n) is 16.7. The maximum atomic E-state index is 12.1. The van der Waals surface area contributed by atoms with E-state index in [1.54, 1.807) is 27.7 Å². The number of carboxylic acids is 1. The third-order valence-electron chi connectivity index (χ3n) is 2.87. The molecule has 7 nitrogen and oxygen atoms in total. The van der Waals surface area contributed by atoms with Crippen LogP contribution in [0, 0.1) is 11.8 Å². The summed E-state index contributed by atoms with van der Waals surface area (Å²) in [7, 11) is 0. The van der Waals surface area contributed by atoms with Crippen molar-refractivity contribution in [2.45, 2.75) is 65.3 Å². The van der Waals surface area contributed by atoms with Crippen molar-refractivity contribution >= 4 is 11.9 Å². The fraction of sp³-hybridized carbons (Fsp3) is 0.500. The molecule has 1 rings (SSSR count). The highest BCUT2D eigenvalue weighted by Gasteiger charge is 2.26. The van der Waals surface area contributed by atoms with E-state index >= 15 is 0 Å². The van der Waals surface area contributed by atoms with Crippen LogP contribution in [0.5, 0.6) is 0 Å². The van der Waals surface area contributed by atoms with Crippen molar-refractivity contribution in [2.24, 2.45) is 0 Å². The Bertz CT molecular complexity index is 746.